The van der Waals surface area contributed by atoms with Crippen molar-refractivity contribution in [2.45, 2.75) is 6.18 Å². The topological polar surface area (TPSA) is 62.2 Å². The Bertz CT molecular complexity index is 657. The van der Waals surface area contributed by atoms with E-state index in [1.807, 2.05) is 0 Å². The lowest BCUT2D eigenvalue weighted by Gasteiger charge is -2.10. The van der Waals surface area contributed by atoms with Crippen molar-refractivity contribution in [1.82, 2.24) is 4.98 Å². The fraction of sp³-hybridized carbons (Fsp3) is 0.0909. The van der Waals surface area contributed by atoms with Crippen LogP contribution in [0.2, 0.25) is 0 Å². The van der Waals surface area contributed by atoms with E-state index in [1.165, 1.54) is 11.4 Å². The lowest BCUT2D eigenvalue weighted by atomic mass is 10.2. The fourth-order valence-corrected chi connectivity index (χ4v) is 2.58. The smallest absolute Gasteiger partial charge is 0.416 e. The van der Waals surface area contributed by atoms with Crippen LogP contribution >= 0.6 is 27.3 Å². The number of carboxylic acid groups (broad SMARTS) is 1. The highest BCUT2D eigenvalue weighted by atomic mass is 79.9. The molecule has 1 aromatic heterocycles. The molecule has 0 atom stereocenters. The van der Waals surface area contributed by atoms with Crippen LogP contribution in [-0.2, 0) is 6.18 Å². The van der Waals surface area contributed by atoms with Crippen molar-refractivity contribution in [1.29, 1.82) is 0 Å². The van der Waals surface area contributed by atoms with E-state index in [9.17, 15) is 18.0 Å². The molecule has 0 saturated carbocycles. The molecule has 9 heteroatoms. The van der Waals surface area contributed by atoms with Gasteiger partial charge in [-0.05, 0) is 18.2 Å². The molecule has 2 rings (SSSR count). The maximum absolute atomic E-state index is 12.7. The number of aromatic carboxylic acids is 1. The van der Waals surface area contributed by atoms with Gasteiger partial charge in [0.25, 0.3) is 0 Å². The number of hydrogen-bond acceptors (Lipinski definition) is 4. The summed E-state index contributed by atoms with van der Waals surface area (Å²) >= 11 is 3.99. The Balaban J connectivity index is 2.28. The van der Waals surface area contributed by atoms with Gasteiger partial charge in [0.1, 0.15) is 0 Å². The molecular weight excluding hydrogens is 361 g/mol. The van der Waals surface area contributed by atoms with Gasteiger partial charge in [0.2, 0.25) is 0 Å². The van der Waals surface area contributed by atoms with E-state index in [0.29, 0.717) is 0 Å². The van der Waals surface area contributed by atoms with Crippen LogP contribution in [0.1, 0.15) is 16.1 Å². The number of anilines is 2. The number of nitrogens with zero attached hydrogens (tertiary/aromatic N) is 1. The van der Waals surface area contributed by atoms with Crippen molar-refractivity contribution in [2.75, 3.05) is 5.32 Å². The van der Waals surface area contributed by atoms with E-state index in [0.717, 1.165) is 23.5 Å². The molecule has 106 valence electrons. The minimum absolute atomic E-state index is 0.163. The maximum Gasteiger partial charge on any atom is 0.416 e. The Morgan fingerprint density at radius 1 is 1.35 bits per heavy atom. The summed E-state index contributed by atoms with van der Waals surface area (Å²) in [5.74, 6) is -1.19. The molecule has 20 heavy (non-hydrogen) atoms. The highest BCUT2D eigenvalue weighted by Crippen LogP contribution is 2.34. The van der Waals surface area contributed by atoms with Gasteiger partial charge in [0.15, 0.2) is 10.8 Å². The number of alkyl halides is 3. The lowest BCUT2D eigenvalue weighted by molar-refractivity contribution is -0.137. The lowest BCUT2D eigenvalue weighted by Crippen LogP contribution is -2.05. The minimum Gasteiger partial charge on any atom is -0.476 e. The zero-order valence-corrected chi connectivity index (χ0v) is 11.9. The Labute approximate surface area is 123 Å². The molecule has 0 unspecified atom stereocenters. The van der Waals surface area contributed by atoms with Crippen LogP contribution in [0.15, 0.2) is 28.1 Å². The molecule has 0 fully saturated rings. The van der Waals surface area contributed by atoms with Crippen molar-refractivity contribution in [3.63, 3.8) is 0 Å². The van der Waals surface area contributed by atoms with E-state index >= 15 is 0 Å². The van der Waals surface area contributed by atoms with Gasteiger partial charge in [-0.2, -0.15) is 13.2 Å². The molecule has 0 spiro atoms. The Morgan fingerprint density at radius 3 is 2.60 bits per heavy atom. The number of carboxylic acids is 1. The average Bonchev–Trinajstić information content (AvgIpc) is 2.75. The molecular formula is C11H6BrF3N2O2S. The fourth-order valence-electron chi connectivity index (χ4n) is 1.38. The summed E-state index contributed by atoms with van der Waals surface area (Å²) in [5.41, 5.74) is -0.814. The van der Waals surface area contributed by atoms with Gasteiger partial charge in [-0.1, -0.05) is 15.9 Å². The van der Waals surface area contributed by atoms with Gasteiger partial charge in [0, 0.05) is 15.5 Å². The monoisotopic (exact) mass is 366 g/mol. The highest BCUT2D eigenvalue weighted by molar-refractivity contribution is 9.10. The van der Waals surface area contributed by atoms with Crippen LogP contribution < -0.4 is 5.32 Å². The zero-order chi connectivity index (χ0) is 14.9. The van der Waals surface area contributed by atoms with Crippen LogP contribution in [0.25, 0.3) is 0 Å². The largest absolute Gasteiger partial charge is 0.476 e. The van der Waals surface area contributed by atoms with Crippen LogP contribution in [0.4, 0.5) is 24.0 Å². The number of rotatable bonds is 3. The predicted octanol–water partition coefficient (Wildman–Crippen LogP) is 4.37. The summed E-state index contributed by atoms with van der Waals surface area (Å²) in [5, 5.41) is 12.9. The molecule has 0 aliphatic carbocycles. The number of nitrogens with one attached hydrogen (secondary N) is 1. The van der Waals surface area contributed by atoms with E-state index < -0.39 is 17.7 Å². The van der Waals surface area contributed by atoms with E-state index in [2.05, 4.69) is 26.2 Å². The summed E-state index contributed by atoms with van der Waals surface area (Å²) < 4.78 is 38.2. The summed E-state index contributed by atoms with van der Waals surface area (Å²) in [6.45, 7) is 0. The molecule has 0 radical (unpaired) electrons. The molecule has 2 N–H and O–H groups in total. The van der Waals surface area contributed by atoms with Gasteiger partial charge < -0.3 is 10.4 Å². The van der Waals surface area contributed by atoms with Crippen molar-refractivity contribution < 1.29 is 23.1 Å². The first-order valence-corrected chi connectivity index (χ1v) is 6.76. The van der Waals surface area contributed by atoms with Crippen molar-refractivity contribution in [2.24, 2.45) is 0 Å². The highest BCUT2D eigenvalue weighted by Gasteiger charge is 2.31. The third kappa shape index (κ3) is 3.48. The van der Waals surface area contributed by atoms with Gasteiger partial charge in [-0.3, -0.25) is 0 Å². The first-order chi connectivity index (χ1) is 9.25. The van der Waals surface area contributed by atoms with Gasteiger partial charge in [-0.25, -0.2) is 9.78 Å². The number of benzene rings is 1. The second kappa shape index (κ2) is 5.41. The van der Waals surface area contributed by atoms with Crippen LogP contribution in [0.3, 0.4) is 0 Å². The molecule has 0 saturated heterocycles. The van der Waals surface area contributed by atoms with Gasteiger partial charge >= 0.3 is 12.1 Å². The normalized spacial score (nSPS) is 11.4. The summed E-state index contributed by atoms with van der Waals surface area (Å²) in [6.07, 6.45) is -4.46. The molecule has 0 aliphatic heterocycles. The van der Waals surface area contributed by atoms with Crippen molar-refractivity contribution >= 4 is 44.1 Å². The first-order valence-electron chi connectivity index (χ1n) is 5.09. The third-order valence-electron chi connectivity index (χ3n) is 2.20. The second-order valence-corrected chi connectivity index (χ2v) is 5.47. The third-order valence-corrected chi connectivity index (χ3v) is 3.42. The summed E-state index contributed by atoms with van der Waals surface area (Å²) in [7, 11) is 0. The van der Waals surface area contributed by atoms with Crippen LogP contribution in [-0.4, -0.2) is 16.1 Å². The summed E-state index contributed by atoms with van der Waals surface area (Å²) in [6, 6.07) is 3.32. The van der Waals surface area contributed by atoms with Crippen molar-refractivity contribution in [3.05, 3.63) is 39.3 Å². The Hall–Kier alpha value is -1.61. The molecule has 2 aromatic rings. The molecule has 1 heterocycles. The minimum atomic E-state index is -4.46. The number of carbonyl (C=O) groups is 1. The quantitative estimate of drug-likeness (QED) is 0.846. The SMILES string of the molecule is O=C(O)c1csc(Nc2cc(Br)cc(C(F)(F)F)c2)n1. The van der Waals surface area contributed by atoms with E-state index in [-0.39, 0.29) is 21.0 Å². The predicted molar refractivity (Wildman–Crippen MR) is 71.5 cm³/mol. The molecule has 0 bridgehead atoms. The van der Waals surface area contributed by atoms with Crippen LogP contribution in [0.5, 0.6) is 0 Å². The van der Waals surface area contributed by atoms with Crippen molar-refractivity contribution in [3.8, 4) is 0 Å². The molecule has 1 aromatic carbocycles. The second-order valence-electron chi connectivity index (χ2n) is 3.69. The number of aromatic nitrogens is 1. The standard InChI is InChI=1S/C11H6BrF3N2O2S/c12-6-1-5(11(13,14)15)2-7(3-6)16-10-17-8(4-20-10)9(18)19/h1-4H,(H,16,17)(H,18,19). The Kier molecular flexibility index (Phi) is 4.00. The van der Waals surface area contributed by atoms with E-state index in [1.54, 1.807) is 0 Å². The molecule has 4 nitrogen and oxygen atoms in total. The maximum atomic E-state index is 12.7. The van der Waals surface area contributed by atoms with Gasteiger partial charge in [-0.15, -0.1) is 11.3 Å². The zero-order valence-electron chi connectivity index (χ0n) is 9.53. The Morgan fingerprint density at radius 2 is 2.05 bits per heavy atom. The van der Waals surface area contributed by atoms with Crippen LogP contribution in [0, 0.1) is 0 Å². The number of halogens is 4. The first kappa shape index (κ1) is 14.8. The molecule has 0 amide bonds. The summed E-state index contributed by atoms with van der Waals surface area (Å²) in [4.78, 5) is 14.4. The number of hydrogen-bond donors (Lipinski definition) is 2. The van der Waals surface area contributed by atoms with Gasteiger partial charge in [0.05, 0.1) is 5.56 Å². The van der Waals surface area contributed by atoms with E-state index in [4.69, 9.17) is 5.11 Å². The molecule has 0 aliphatic rings. The average molecular weight is 367 g/mol. The number of thiazole rings is 1.